The minimum absolute atomic E-state index is 0.0571. The van der Waals surface area contributed by atoms with Crippen LogP contribution in [0.15, 0.2) is 47.8 Å². The maximum Gasteiger partial charge on any atom is 0.230 e. The van der Waals surface area contributed by atoms with Crippen LogP contribution in [-0.2, 0) is 30.6 Å². The summed E-state index contributed by atoms with van der Waals surface area (Å²) in [5.41, 5.74) is 6.11. The van der Waals surface area contributed by atoms with Crippen molar-refractivity contribution in [2.45, 2.75) is 52.0 Å². The molecule has 2 aromatic carbocycles. The number of thiazole rings is 1. The zero-order chi connectivity index (χ0) is 21.2. The normalized spacial score (nSPS) is 13.7. The van der Waals surface area contributed by atoms with Gasteiger partial charge in [-0.3, -0.25) is 4.79 Å². The maximum absolute atomic E-state index is 12.6. The fourth-order valence-corrected chi connectivity index (χ4v) is 5.03. The van der Waals surface area contributed by atoms with E-state index in [1.807, 2.05) is 17.5 Å². The first-order valence-electron chi connectivity index (χ1n) is 11.0. The third kappa shape index (κ3) is 4.26. The van der Waals surface area contributed by atoms with Crippen LogP contribution in [0.4, 0.5) is 5.69 Å². The number of rotatable bonds is 5. The molecule has 6 heteroatoms. The van der Waals surface area contributed by atoms with Crippen LogP contribution in [0.2, 0.25) is 0 Å². The van der Waals surface area contributed by atoms with Gasteiger partial charge in [0.15, 0.2) is 0 Å². The number of aromatic nitrogens is 3. The number of nitrogens with one attached hydrogen (secondary N) is 1. The van der Waals surface area contributed by atoms with Crippen molar-refractivity contribution in [3.8, 4) is 10.6 Å². The largest absolute Gasteiger partial charge is 0.328 e. The van der Waals surface area contributed by atoms with Crippen molar-refractivity contribution in [1.82, 2.24) is 14.5 Å². The second-order valence-electron chi connectivity index (χ2n) is 8.11. The summed E-state index contributed by atoms with van der Waals surface area (Å²) in [5.74, 6) is 1.11. The van der Waals surface area contributed by atoms with Crippen LogP contribution in [0.25, 0.3) is 21.6 Å². The monoisotopic (exact) mass is 430 g/mol. The summed E-state index contributed by atoms with van der Waals surface area (Å²) in [7, 11) is 0. The van der Waals surface area contributed by atoms with Crippen molar-refractivity contribution in [3.63, 3.8) is 0 Å². The van der Waals surface area contributed by atoms with E-state index in [1.165, 1.54) is 24.8 Å². The van der Waals surface area contributed by atoms with Crippen LogP contribution < -0.4 is 5.32 Å². The highest BCUT2D eigenvalue weighted by molar-refractivity contribution is 7.13. The van der Waals surface area contributed by atoms with Gasteiger partial charge >= 0.3 is 0 Å². The van der Waals surface area contributed by atoms with Crippen molar-refractivity contribution in [3.05, 3.63) is 64.9 Å². The molecular weight excluding hydrogens is 404 g/mol. The molecule has 0 radical (unpaired) electrons. The minimum Gasteiger partial charge on any atom is -0.328 e. The summed E-state index contributed by atoms with van der Waals surface area (Å²) in [6.07, 6.45) is 5.99. The van der Waals surface area contributed by atoms with Crippen LogP contribution in [0.5, 0.6) is 0 Å². The van der Waals surface area contributed by atoms with Gasteiger partial charge in [0, 0.05) is 29.6 Å². The molecule has 31 heavy (non-hydrogen) atoms. The molecule has 3 heterocycles. The number of nitrogens with zero attached hydrogens (tertiary/aromatic N) is 3. The quantitative estimate of drug-likeness (QED) is 0.446. The molecular formula is C25H26N4OS. The Morgan fingerprint density at radius 3 is 2.81 bits per heavy atom. The van der Waals surface area contributed by atoms with Crippen molar-refractivity contribution in [2.24, 2.45) is 0 Å². The first-order chi connectivity index (χ1) is 15.2. The molecule has 0 bridgehead atoms. The van der Waals surface area contributed by atoms with E-state index >= 15 is 0 Å². The number of imidazole rings is 1. The van der Waals surface area contributed by atoms with Gasteiger partial charge in [0.1, 0.15) is 10.8 Å². The van der Waals surface area contributed by atoms with E-state index in [-0.39, 0.29) is 12.3 Å². The fraction of sp³-hybridized carbons (Fsp3) is 0.320. The summed E-state index contributed by atoms with van der Waals surface area (Å²) >= 11 is 1.58. The smallest absolute Gasteiger partial charge is 0.230 e. The SMILES string of the molecule is CCc1ccc(-c2nc(CC(=O)Nc3ccc4c(c3)nc3n4CCCCC3)cs2)cc1. The van der Waals surface area contributed by atoms with E-state index in [9.17, 15) is 4.79 Å². The highest BCUT2D eigenvalue weighted by Crippen LogP contribution is 2.26. The lowest BCUT2D eigenvalue weighted by Gasteiger charge is -2.06. The molecule has 2 aromatic heterocycles. The first kappa shape index (κ1) is 19.9. The number of aryl methyl sites for hydroxylation is 3. The Balaban J connectivity index is 1.27. The number of carbonyl (C=O) groups is 1. The van der Waals surface area contributed by atoms with Crippen LogP contribution in [0.3, 0.4) is 0 Å². The van der Waals surface area contributed by atoms with Gasteiger partial charge in [-0.15, -0.1) is 11.3 Å². The van der Waals surface area contributed by atoms with Gasteiger partial charge in [0.2, 0.25) is 5.91 Å². The van der Waals surface area contributed by atoms with Crippen LogP contribution in [0, 0.1) is 0 Å². The number of hydrogen-bond donors (Lipinski definition) is 1. The summed E-state index contributed by atoms with van der Waals surface area (Å²) in [6, 6.07) is 14.5. The van der Waals surface area contributed by atoms with E-state index in [4.69, 9.17) is 4.98 Å². The van der Waals surface area contributed by atoms with Crippen molar-refractivity contribution in [2.75, 3.05) is 5.32 Å². The molecule has 0 spiro atoms. The summed E-state index contributed by atoms with van der Waals surface area (Å²) in [5, 5.41) is 5.94. The summed E-state index contributed by atoms with van der Waals surface area (Å²) in [6.45, 7) is 3.18. The fourth-order valence-electron chi connectivity index (χ4n) is 4.20. The topological polar surface area (TPSA) is 59.8 Å². The van der Waals surface area contributed by atoms with Gasteiger partial charge in [0.25, 0.3) is 0 Å². The third-order valence-corrected chi connectivity index (χ3v) is 6.84. The molecule has 0 atom stereocenters. The van der Waals surface area contributed by atoms with E-state index < -0.39 is 0 Å². The lowest BCUT2D eigenvalue weighted by Crippen LogP contribution is -2.14. The Hall–Kier alpha value is -2.99. The number of carbonyl (C=O) groups excluding carboxylic acids is 1. The number of benzene rings is 2. The predicted molar refractivity (Wildman–Crippen MR) is 127 cm³/mol. The van der Waals surface area contributed by atoms with Gasteiger partial charge in [-0.05, 0) is 43.0 Å². The molecule has 158 valence electrons. The van der Waals surface area contributed by atoms with E-state index in [0.29, 0.717) is 0 Å². The van der Waals surface area contributed by atoms with Crippen molar-refractivity contribution >= 4 is 34.0 Å². The van der Waals surface area contributed by atoms with Crippen LogP contribution >= 0.6 is 11.3 Å². The van der Waals surface area contributed by atoms with Crippen molar-refractivity contribution in [1.29, 1.82) is 0 Å². The molecule has 1 aliphatic heterocycles. The number of fused-ring (bicyclic) bond motifs is 3. The minimum atomic E-state index is -0.0571. The van der Waals surface area contributed by atoms with Gasteiger partial charge in [0.05, 0.1) is 23.1 Å². The highest BCUT2D eigenvalue weighted by Gasteiger charge is 2.15. The third-order valence-electron chi connectivity index (χ3n) is 5.90. The Morgan fingerprint density at radius 1 is 1.10 bits per heavy atom. The van der Waals surface area contributed by atoms with Gasteiger partial charge < -0.3 is 9.88 Å². The molecule has 5 nitrogen and oxygen atoms in total. The van der Waals surface area contributed by atoms with Crippen molar-refractivity contribution < 1.29 is 4.79 Å². The molecule has 0 unspecified atom stereocenters. The summed E-state index contributed by atoms with van der Waals surface area (Å²) < 4.78 is 2.33. The Labute approximate surface area is 186 Å². The molecule has 5 rings (SSSR count). The Kier molecular flexibility index (Phi) is 5.55. The van der Waals surface area contributed by atoms with Crippen LogP contribution in [0.1, 0.15) is 43.3 Å². The zero-order valence-electron chi connectivity index (χ0n) is 17.7. The van der Waals surface area contributed by atoms with Gasteiger partial charge in [-0.25, -0.2) is 9.97 Å². The lowest BCUT2D eigenvalue weighted by atomic mass is 10.1. The van der Waals surface area contributed by atoms with Crippen LogP contribution in [-0.4, -0.2) is 20.4 Å². The summed E-state index contributed by atoms with van der Waals surface area (Å²) in [4.78, 5) is 22.1. The second kappa shape index (κ2) is 8.63. The molecule has 0 saturated carbocycles. The Morgan fingerprint density at radius 2 is 1.97 bits per heavy atom. The number of amides is 1. The average Bonchev–Trinajstić information content (AvgIpc) is 3.30. The molecule has 1 aliphatic rings. The first-order valence-corrected chi connectivity index (χ1v) is 11.9. The van der Waals surface area contributed by atoms with E-state index in [0.717, 1.165) is 58.2 Å². The predicted octanol–water partition coefficient (Wildman–Crippen LogP) is 5.63. The van der Waals surface area contributed by atoms with Gasteiger partial charge in [-0.2, -0.15) is 0 Å². The molecule has 1 amide bonds. The second-order valence-corrected chi connectivity index (χ2v) is 8.97. The Bertz CT molecular complexity index is 1220. The molecule has 0 fully saturated rings. The molecule has 0 saturated heterocycles. The zero-order valence-corrected chi connectivity index (χ0v) is 18.5. The molecule has 0 aliphatic carbocycles. The molecule has 1 N–H and O–H groups in total. The standard InChI is InChI=1S/C25H26N4OS/c1-2-17-7-9-18(10-8-17)25-27-20(16-31-25)15-24(30)26-19-11-12-22-21(14-19)28-23-6-4-3-5-13-29(22)23/h7-12,14,16H,2-6,13,15H2,1H3,(H,26,30). The number of hydrogen-bond acceptors (Lipinski definition) is 4. The average molecular weight is 431 g/mol. The van der Waals surface area contributed by atoms with E-state index in [2.05, 4.69) is 52.1 Å². The highest BCUT2D eigenvalue weighted by atomic mass is 32.1. The number of anilines is 1. The lowest BCUT2D eigenvalue weighted by molar-refractivity contribution is -0.115. The molecule has 4 aromatic rings. The van der Waals surface area contributed by atoms with Gasteiger partial charge in [-0.1, -0.05) is 37.6 Å². The maximum atomic E-state index is 12.6. The van der Waals surface area contributed by atoms with E-state index in [1.54, 1.807) is 11.3 Å².